The van der Waals surface area contributed by atoms with Crippen LogP contribution in [0.3, 0.4) is 0 Å². The molecule has 8 heteroatoms. The highest BCUT2D eigenvalue weighted by Crippen LogP contribution is 2.29. The van der Waals surface area contributed by atoms with Crippen molar-refractivity contribution in [1.82, 2.24) is 19.6 Å². The molecule has 0 aromatic carbocycles. The van der Waals surface area contributed by atoms with E-state index >= 15 is 0 Å². The molecular weight excluding hydrogens is 322 g/mol. The molecule has 0 bridgehead atoms. The van der Waals surface area contributed by atoms with Crippen molar-refractivity contribution in [2.75, 3.05) is 39.2 Å². The number of carbonyl (C=O) groups excluding carboxylic acids is 2. The third-order valence-electron chi connectivity index (χ3n) is 4.43. The van der Waals surface area contributed by atoms with Gasteiger partial charge in [-0.25, -0.2) is 0 Å². The number of nitrogens with zero attached hydrogens (tertiary/aromatic N) is 4. The van der Waals surface area contributed by atoms with Crippen LogP contribution in [0.1, 0.15) is 33.2 Å². The Bertz CT molecular complexity index is 599. The summed E-state index contributed by atoms with van der Waals surface area (Å²) in [5.41, 5.74) is 0.708. The summed E-state index contributed by atoms with van der Waals surface area (Å²) >= 11 is 0. The van der Waals surface area contributed by atoms with E-state index in [-0.39, 0.29) is 30.5 Å². The van der Waals surface area contributed by atoms with Gasteiger partial charge in [0.25, 0.3) is 0 Å². The molecule has 1 aliphatic rings. The highest BCUT2D eigenvalue weighted by Gasteiger charge is 2.35. The Hall–Kier alpha value is -1.93. The van der Waals surface area contributed by atoms with Crippen LogP contribution >= 0.6 is 0 Å². The minimum Gasteiger partial charge on any atom is -0.370 e. The van der Waals surface area contributed by atoms with Crippen molar-refractivity contribution in [3.63, 3.8) is 0 Å². The largest absolute Gasteiger partial charge is 0.370 e. The summed E-state index contributed by atoms with van der Waals surface area (Å²) in [6.45, 7) is 7.30. The van der Waals surface area contributed by atoms with Gasteiger partial charge in [0.2, 0.25) is 11.8 Å². The maximum absolute atomic E-state index is 11.6. The second-order valence-corrected chi connectivity index (χ2v) is 7.03. The van der Waals surface area contributed by atoms with E-state index < -0.39 is 0 Å². The molecule has 0 radical (unpaired) electrons. The standard InChI is InChI=1S/C17H29N5O3/c1-12(2)21-9-15(22-8-14(7-18-22)19-13(3)23)6-16(21)10-25-11-17(24)20(4)5/h7-8,12,15-16H,6,9-11H2,1-5H3,(H,19,23)/t15-,16-/m0/s1. The number of likely N-dealkylation sites (N-methyl/N-ethyl adjacent to an activating group) is 1. The molecule has 1 saturated heterocycles. The number of nitrogens with one attached hydrogen (secondary N) is 1. The number of ether oxygens (including phenoxy) is 1. The van der Waals surface area contributed by atoms with Crippen molar-refractivity contribution >= 4 is 17.5 Å². The van der Waals surface area contributed by atoms with Crippen LogP contribution in [0.25, 0.3) is 0 Å². The number of hydrogen-bond donors (Lipinski definition) is 1. The summed E-state index contributed by atoms with van der Waals surface area (Å²) in [6.07, 6.45) is 4.43. The lowest BCUT2D eigenvalue weighted by molar-refractivity contribution is -0.134. The monoisotopic (exact) mass is 351 g/mol. The van der Waals surface area contributed by atoms with Gasteiger partial charge in [-0.15, -0.1) is 0 Å². The first kappa shape index (κ1) is 19.4. The molecule has 2 atom stereocenters. The predicted molar refractivity (Wildman–Crippen MR) is 95.3 cm³/mol. The maximum atomic E-state index is 11.6. The Labute approximate surface area is 149 Å². The summed E-state index contributed by atoms with van der Waals surface area (Å²) in [7, 11) is 3.45. The van der Waals surface area contributed by atoms with Crippen LogP contribution in [0.4, 0.5) is 5.69 Å². The zero-order valence-electron chi connectivity index (χ0n) is 15.7. The van der Waals surface area contributed by atoms with Crippen LogP contribution in [-0.2, 0) is 14.3 Å². The molecule has 0 aliphatic carbocycles. The molecule has 2 rings (SSSR count). The first-order chi connectivity index (χ1) is 11.8. The Kier molecular flexibility index (Phi) is 6.55. The van der Waals surface area contributed by atoms with Crippen molar-refractivity contribution in [3.05, 3.63) is 12.4 Å². The van der Waals surface area contributed by atoms with E-state index in [4.69, 9.17) is 4.74 Å². The summed E-state index contributed by atoms with van der Waals surface area (Å²) in [5, 5.41) is 7.13. The first-order valence-corrected chi connectivity index (χ1v) is 8.63. The van der Waals surface area contributed by atoms with Gasteiger partial charge in [0, 0.05) is 45.8 Å². The predicted octanol–water partition coefficient (Wildman–Crippen LogP) is 0.970. The van der Waals surface area contributed by atoms with E-state index in [0.717, 1.165) is 13.0 Å². The molecule has 0 unspecified atom stereocenters. The van der Waals surface area contributed by atoms with E-state index in [1.165, 1.54) is 11.8 Å². The van der Waals surface area contributed by atoms with Gasteiger partial charge in [-0.05, 0) is 20.3 Å². The Morgan fingerprint density at radius 3 is 2.76 bits per heavy atom. The lowest BCUT2D eigenvalue weighted by Crippen LogP contribution is -2.39. The molecule has 0 spiro atoms. The van der Waals surface area contributed by atoms with Gasteiger partial charge in [0.1, 0.15) is 6.61 Å². The summed E-state index contributed by atoms with van der Waals surface area (Å²) in [4.78, 5) is 26.7. The summed E-state index contributed by atoms with van der Waals surface area (Å²) in [5.74, 6) is -0.135. The Morgan fingerprint density at radius 2 is 2.16 bits per heavy atom. The molecule has 1 aromatic heterocycles. The van der Waals surface area contributed by atoms with Crippen LogP contribution in [-0.4, -0.2) is 77.3 Å². The van der Waals surface area contributed by atoms with Gasteiger partial charge in [0.15, 0.2) is 0 Å². The van der Waals surface area contributed by atoms with Crippen molar-refractivity contribution in [3.8, 4) is 0 Å². The molecule has 1 aliphatic heterocycles. The Morgan fingerprint density at radius 1 is 1.44 bits per heavy atom. The SMILES string of the molecule is CC(=O)Nc1cnn([C@H]2C[C@@H](COCC(=O)N(C)C)N(C(C)C)C2)c1. The third-order valence-corrected chi connectivity index (χ3v) is 4.43. The fourth-order valence-electron chi connectivity index (χ4n) is 3.12. The lowest BCUT2D eigenvalue weighted by atomic mass is 10.2. The molecule has 140 valence electrons. The molecular formula is C17H29N5O3. The molecule has 1 aromatic rings. The lowest BCUT2D eigenvalue weighted by Gasteiger charge is -2.27. The second-order valence-electron chi connectivity index (χ2n) is 7.03. The smallest absolute Gasteiger partial charge is 0.248 e. The van der Waals surface area contributed by atoms with Crippen LogP contribution in [0.15, 0.2) is 12.4 Å². The molecule has 2 amide bonds. The van der Waals surface area contributed by atoms with Crippen molar-refractivity contribution in [1.29, 1.82) is 0 Å². The molecule has 1 fully saturated rings. The van der Waals surface area contributed by atoms with E-state index in [1.807, 2.05) is 10.9 Å². The number of anilines is 1. The maximum Gasteiger partial charge on any atom is 0.248 e. The van der Waals surface area contributed by atoms with Gasteiger partial charge >= 0.3 is 0 Å². The normalized spacial score (nSPS) is 20.9. The van der Waals surface area contributed by atoms with Crippen LogP contribution in [0.5, 0.6) is 0 Å². The summed E-state index contributed by atoms with van der Waals surface area (Å²) < 4.78 is 7.55. The third kappa shape index (κ3) is 5.27. The van der Waals surface area contributed by atoms with Gasteiger partial charge in [-0.3, -0.25) is 19.2 Å². The highest BCUT2D eigenvalue weighted by molar-refractivity contribution is 5.88. The highest BCUT2D eigenvalue weighted by atomic mass is 16.5. The number of amides is 2. The minimum atomic E-state index is -0.105. The molecule has 1 N–H and O–H groups in total. The fraction of sp³-hybridized carbons (Fsp3) is 0.706. The first-order valence-electron chi connectivity index (χ1n) is 8.63. The molecule has 0 saturated carbocycles. The number of likely N-dealkylation sites (tertiary alicyclic amines) is 1. The Balaban J connectivity index is 1.95. The summed E-state index contributed by atoms with van der Waals surface area (Å²) in [6, 6.07) is 0.852. The van der Waals surface area contributed by atoms with Crippen molar-refractivity contribution in [2.45, 2.75) is 45.3 Å². The van der Waals surface area contributed by atoms with Gasteiger partial charge in [-0.2, -0.15) is 5.10 Å². The molecule has 2 heterocycles. The second kappa shape index (κ2) is 8.44. The number of carbonyl (C=O) groups is 2. The topological polar surface area (TPSA) is 79.7 Å². The van der Waals surface area contributed by atoms with Gasteiger partial charge in [0.05, 0.1) is 24.5 Å². The van der Waals surface area contributed by atoms with E-state index in [0.29, 0.717) is 18.3 Å². The molecule has 8 nitrogen and oxygen atoms in total. The van der Waals surface area contributed by atoms with E-state index in [2.05, 4.69) is 29.2 Å². The van der Waals surface area contributed by atoms with Crippen molar-refractivity contribution in [2.24, 2.45) is 0 Å². The van der Waals surface area contributed by atoms with Crippen molar-refractivity contribution < 1.29 is 14.3 Å². The number of aromatic nitrogens is 2. The zero-order valence-corrected chi connectivity index (χ0v) is 15.7. The molecule has 25 heavy (non-hydrogen) atoms. The zero-order chi connectivity index (χ0) is 18.6. The quantitative estimate of drug-likeness (QED) is 0.792. The number of rotatable bonds is 7. The van der Waals surface area contributed by atoms with Crippen LogP contribution in [0, 0.1) is 0 Å². The van der Waals surface area contributed by atoms with Gasteiger partial charge in [-0.1, -0.05) is 0 Å². The van der Waals surface area contributed by atoms with E-state index in [9.17, 15) is 9.59 Å². The van der Waals surface area contributed by atoms with Crippen LogP contribution in [0.2, 0.25) is 0 Å². The average Bonchev–Trinajstić information content (AvgIpc) is 3.13. The minimum absolute atomic E-state index is 0.0299. The van der Waals surface area contributed by atoms with Gasteiger partial charge < -0.3 is 15.0 Å². The van der Waals surface area contributed by atoms with E-state index in [1.54, 1.807) is 20.3 Å². The average molecular weight is 351 g/mol. The van der Waals surface area contributed by atoms with Crippen LogP contribution < -0.4 is 5.32 Å². The fourth-order valence-corrected chi connectivity index (χ4v) is 3.12. The number of hydrogen-bond acceptors (Lipinski definition) is 5.